The molecule has 2 aromatic carbocycles. The summed E-state index contributed by atoms with van der Waals surface area (Å²) in [6.07, 6.45) is 1.71. The third-order valence-corrected chi connectivity index (χ3v) is 3.49. The molecule has 0 saturated carbocycles. The molecule has 1 aromatic heterocycles. The molecule has 0 N–H and O–H groups in total. The smallest absolute Gasteiger partial charge is 0.258 e. The highest BCUT2D eigenvalue weighted by molar-refractivity contribution is 6.07. The summed E-state index contributed by atoms with van der Waals surface area (Å²) in [5.41, 5.74) is 2.93. The maximum Gasteiger partial charge on any atom is 0.258 e. The van der Waals surface area contributed by atoms with Crippen molar-refractivity contribution in [2.45, 2.75) is 0 Å². The minimum Gasteiger partial charge on any atom is -0.334 e. The van der Waals surface area contributed by atoms with E-state index in [1.54, 1.807) is 37.6 Å². The van der Waals surface area contributed by atoms with Crippen LogP contribution in [0.4, 0.5) is 10.1 Å². The van der Waals surface area contributed by atoms with E-state index in [0.29, 0.717) is 11.3 Å². The number of nitrogens with zero attached hydrogens (tertiary/aromatic N) is 3. The molecule has 0 fully saturated rings. The molecule has 0 unspecified atom stereocenters. The lowest BCUT2D eigenvalue weighted by Gasteiger charge is -2.17. The minimum atomic E-state index is -0.325. The Labute approximate surface area is 121 Å². The van der Waals surface area contributed by atoms with Crippen LogP contribution in [-0.2, 0) is 7.05 Å². The molecule has 3 aromatic rings. The van der Waals surface area contributed by atoms with E-state index in [1.165, 1.54) is 17.0 Å². The van der Waals surface area contributed by atoms with E-state index < -0.39 is 0 Å². The lowest BCUT2D eigenvalue weighted by atomic mass is 10.1. The number of rotatable bonds is 2. The molecule has 0 radical (unpaired) electrons. The Morgan fingerprint density at radius 1 is 1.19 bits per heavy atom. The van der Waals surface area contributed by atoms with E-state index in [9.17, 15) is 9.18 Å². The topological polar surface area (TPSA) is 38.1 Å². The normalized spacial score (nSPS) is 10.8. The van der Waals surface area contributed by atoms with Gasteiger partial charge in [0.05, 0.1) is 17.4 Å². The Morgan fingerprint density at radius 2 is 1.90 bits per heavy atom. The summed E-state index contributed by atoms with van der Waals surface area (Å²) >= 11 is 0. The largest absolute Gasteiger partial charge is 0.334 e. The van der Waals surface area contributed by atoms with Gasteiger partial charge in [0.2, 0.25) is 0 Å². The highest BCUT2D eigenvalue weighted by Crippen LogP contribution is 2.19. The van der Waals surface area contributed by atoms with Gasteiger partial charge in [0.25, 0.3) is 5.91 Å². The summed E-state index contributed by atoms with van der Waals surface area (Å²) < 4.78 is 14.8. The predicted octanol–water partition coefficient (Wildman–Crippen LogP) is 2.99. The first-order chi connectivity index (χ1) is 10.1. The molecule has 3 rings (SSSR count). The van der Waals surface area contributed by atoms with Crippen LogP contribution in [0, 0.1) is 5.82 Å². The minimum absolute atomic E-state index is 0.158. The summed E-state index contributed by atoms with van der Waals surface area (Å²) in [5, 5.41) is 0. The molecule has 0 saturated heterocycles. The zero-order valence-electron chi connectivity index (χ0n) is 11.7. The molecule has 106 valence electrons. The van der Waals surface area contributed by atoms with Crippen LogP contribution in [0.15, 0.2) is 48.8 Å². The number of amides is 1. The van der Waals surface area contributed by atoms with Crippen LogP contribution >= 0.6 is 0 Å². The zero-order valence-corrected chi connectivity index (χ0v) is 11.7. The first-order valence-electron chi connectivity index (χ1n) is 6.51. The van der Waals surface area contributed by atoms with Crippen molar-refractivity contribution >= 4 is 22.6 Å². The predicted molar refractivity (Wildman–Crippen MR) is 79.8 cm³/mol. The number of aromatic nitrogens is 2. The monoisotopic (exact) mass is 283 g/mol. The van der Waals surface area contributed by atoms with E-state index in [0.717, 1.165) is 11.0 Å². The van der Waals surface area contributed by atoms with E-state index in [4.69, 9.17) is 0 Å². The maximum atomic E-state index is 12.9. The molecular weight excluding hydrogens is 269 g/mol. The van der Waals surface area contributed by atoms with Crippen molar-refractivity contribution in [2.75, 3.05) is 11.9 Å². The number of carbonyl (C=O) groups excluding carboxylic acids is 1. The third kappa shape index (κ3) is 2.38. The number of aryl methyl sites for hydroxylation is 1. The van der Waals surface area contributed by atoms with Gasteiger partial charge in [-0.3, -0.25) is 4.79 Å². The Morgan fingerprint density at radius 3 is 2.62 bits per heavy atom. The lowest BCUT2D eigenvalue weighted by Crippen LogP contribution is -2.26. The summed E-state index contributed by atoms with van der Waals surface area (Å²) in [6.45, 7) is 0. The highest BCUT2D eigenvalue weighted by atomic mass is 19.1. The second-order valence-electron chi connectivity index (χ2n) is 4.90. The lowest BCUT2D eigenvalue weighted by molar-refractivity contribution is 0.0993. The number of imidazole rings is 1. The van der Waals surface area contributed by atoms with Gasteiger partial charge in [0.15, 0.2) is 0 Å². The molecule has 0 bridgehead atoms. The molecule has 0 aliphatic carbocycles. The SMILES string of the molecule is CN(C(=O)c1ccc2c(c1)ncn2C)c1ccc(F)cc1. The fourth-order valence-electron chi connectivity index (χ4n) is 2.24. The van der Waals surface area contributed by atoms with Crippen LogP contribution in [0.25, 0.3) is 11.0 Å². The van der Waals surface area contributed by atoms with Crippen LogP contribution < -0.4 is 4.90 Å². The van der Waals surface area contributed by atoms with E-state index in [2.05, 4.69) is 4.98 Å². The summed E-state index contributed by atoms with van der Waals surface area (Å²) in [4.78, 5) is 18.2. The maximum absolute atomic E-state index is 12.9. The Balaban J connectivity index is 1.93. The van der Waals surface area contributed by atoms with E-state index in [1.807, 2.05) is 17.7 Å². The zero-order chi connectivity index (χ0) is 15.0. The van der Waals surface area contributed by atoms with E-state index >= 15 is 0 Å². The molecule has 1 amide bonds. The molecule has 5 heteroatoms. The Bertz CT molecular complexity index is 808. The second-order valence-corrected chi connectivity index (χ2v) is 4.90. The van der Waals surface area contributed by atoms with Crippen LogP contribution in [0.1, 0.15) is 10.4 Å². The average Bonchev–Trinajstić information content (AvgIpc) is 2.87. The molecule has 4 nitrogen and oxygen atoms in total. The molecule has 0 atom stereocenters. The van der Waals surface area contributed by atoms with Crippen molar-refractivity contribution in [1.82, 2.24) is 9.55 Å². The van der Waals surface area contributed by atoms with Crippen LogP contribution in [0.2, 0.25) is 0 Å². The van der Waals surface area contributed by atoms with Crippen molar-refractivity contribution in [3.63, 3.8) is 0 Å². The van der Waals surface area contributed by atoms with Gasteiger partial charge in [-0.05, 0) is 42.5 Å². The number of hydrogen-bond donors (Lipinski definition) is 0. The number of halogens is 1. The fraction of sp³-hybridized carbons (Fsp3) is 0.125. The molecule has 1 heterocycles. The summed E-state index contributed by atoms with van der Waals surface area (Å²) in [5.74, 6) is -0.483. The van der Waals surface area contributed by atoms with Gasteiger partial charge in [0.1, 0.15) is 5.82 Å². The second kappa shape index (κ2) is 5.01. The van der Waals surface area contributed by atoms with Crippen molar-refractivity contribution in [2.24, 2.45) is 7.05 Å². The van der Waals surface area contributed by atoms with Gasteiger partial charge < -0.3 is 9.47 Å². The average molecular weight is 283 g/mol. The van der Waals surface area contributed by atoms with Gasteiger partial charge in [-0.25, -0.2) is 9.37 Å². The van der Waals surface area contributed by atoms with Gasteiger partial charge in [-0.1, -0.05) is 0 Å². The molecule has 21 heavy (non-hydrogen) atoms. The number of benzene rings is 2. The van der Waals surface area contributed by atoms with Gasteiger partial charge in [0, 0.05) is 25.3 Å². The summed E-state index contributed by atoms with van der Waals surface area (Å²) in [6, 6.07) is 11.2. The standard InChI is InChI=1S/C16H14FN3O/c1-19-10-18-14-9-11(3-8-15(14)19)16(21)20(2)13-6-4-12(17)5-7-13/h3-10H,1-2H3. The highest BCUT2D eigenvalue weighted by Gasteiger charge is 2.14. The third-order valence-electron chi connectivity index (χ3n) is 3.49. The summed E-state index contributed by atoms with van der Waals surface area (Å²) in [7, 11) is 3.57. The van der Waals surface area contributed by atoms with Gasteiger partial charge in [-0.2, -0.15) is 0 Å². The Kier molecular flexibility index (Phi) is 3.17. The number of hydrogen-bond acceptors (Lipinski definition) is 2. The molecule has 0 spiro atoms. The first kappa shape index (κ1) is 13.3. The van der Waals surface area contributed by atoms with E-state index in [-0.39, 0.29) is 11.7 Å². The quantitative estimate of drug-likeness (QED) is 0.725. The molecule has 0 aliphatic rings. The van der Waals surface area contributed by atoms with Crippen molar-refractivity contribution in [3.8, 4) is 0 Å². The van der Waals surface area contributed by atoms with Crippen molar-refractivity contribution < 1.29 is 9.18 Å². The van der Waals surface area contributed by atoms with Crippen molar-refractivity contribution in [3.05, 3.63) is 60.2 Å². The number of fused-ring (bicyclic) bond motifs is 1. The number of anilines is 1. The molecular formula is C16H14FN3O. The first-order valence-corrected chi connectivity index (χ1v) is 6.51. The van der Waals surface area contributed by atoms with Crippen molar-refractivity contribution in [1.29, 1.82) is 0 Å². The fourth-order valence-corrected chi connectivity index (χ4v) is 2.24. The van der Waals surface area contributed by atoms with Gasteiger partial charge in [-0.15, -0.1) is 0 Å². The molecule has 0 aliphatic heterocycles. The van der Waals surface area contributed by atoms with Crippen LogP contribution in [0.5, 0.6) is 0 Å². The Hall–Kier alpha value is -2.69. The van der Waals surface area contributed by atoms with Gasteiger partial charge >= 0.3 is 0 Å². The number of carbonyl (C=O) groups is 1. The van der Waals surface area contributed by atoms with Crippen LogP contribution in [0.3, 0.4) is 0 Å². The van der Waals surface area contributed by atoms with Crippen LogP contribution in [-0.4, -0.2) is 22.5 Å².